The van der Waals surface area contributed by atoms with Crippen LogP contribution in [-0.2, 0) is 6.54 Å². The first-order valence-corrected chi connectivity index (χ1v) is 11.2. The molecule has 0 fully saturated rings. The molecule has 0 aliphatic carbocycles. The maximum absolute atomic E-state index is 3.50. The molecule has 4 nitrogen and oxygen atoms in total. The van der Waals surface area contributed by atoms with Crippen molar-refractivity contribution in [2.45, 2.75) is 84.1 Å². The Morgan fingerprint density at radius 3 is 1.68 bits per heavy atom. The minimum Gasteiger partial charge on any atom is -0.374 e. The second kappa shape index (κ2) is 16.3. The van der Waals surface area contributed by atoms with E-state index in [4.69, 9.17) is 0 Å². The van der Waals surface area contributed by atoms with Gasteiger partial charge in [-0.3, -0.25) is 0 Å². The minimum atomic E-state index is 1.11. The van der Waals surface area contributed by atoms with E-state index in [0.29, 0.717) is 0 Å². The molecule has 0 bridgehead atoms. The third-order valence-electron chi connectivity index (χ3n) is 5.12. The fourth-order valence-electron chi connectivity index (χ4n) is 3.51. The van der Waals surface area contributed by atoms with Crippen LogP contribution in [0.15, 0.2) is 43.0 Å². The van der Waals surface area contributed by atoms with Crippen molar-refractivity contribution in [1.29, 1.82) is 0 Å². The van der Waals surface area contributed by atoms with Crippen molar-refractivity contribution in [3.63, 3.8) is 0 Å². The Balaban J connectivity index is 0.000000674. The van der Waals surface area contributed by atoms with Gasteiger partial charge in [0.15, 0.2) is 0 Å². The zero-order chi connectivity index (χ0) is 20.3. The molecule has 0 aliphatic rings. The van der Waals surface area contributed by atoms with E-state index >= 15 is 0 Å². The van der Waals surface area contributed by atoms with Crippen molar-refractivity contribution in [2.75, 3.05) is 20.6 Å². The summed E-state index contributed by atoms with van der Waals surface area (Å²) in [5.41, 5.74) is 1.46. The van der Waals surface area contributed by atoms with Gasteiger partial charge in [0.1, 0.15) is 6.54 Å². The molecule has 1 heterocycles. The van der Waals surface area contributed by atoms with Crippen molar-refractivity contribution >= 4 is 0 Å². The van der Waals surface area contributed by atoms with Gasteiger partial charge in [-0.15, -0.1) is 0 Å². The molecule has 0 radical (unpaired) electrons. The van der Waals surface area contributed by atoms with E-state index in [1.807, 2.05) is 0 Å². The largest absolute Gasteiger partial charge is 0.374 e. The van der Waals surface area contributed by atoms with Crippen LogP contribution in [0.2, 0.25) is 0 Å². The quantitative estimate of drug-likeness (QED) is 0.295. The van der Waals surface area contributed by atoms with Gasteiger partial charge in [0.05, 0.1) is 20.6 Å². The molecule has 4 heteroatoms. The van der Waals surface area contributed by atoms with Gasteiger partial charge in [-0.1, -0.05) is 95.0 Å². The number of unbranched alkanes of at least 4 members (excludes halogenated alkanes) is 10. The van der Waals surface area contributed by atoms with Crippen molar-refractivity contribution in [1.82, 2.24) is 15.2 Å². The number of hydrogen-bond acceptors (Lipinski definition) is 2. The molecule has 1 aromatic heterocycles. The maximum atomic E-state index is 3.50. The van der Waals surface area contributed by atoms with Crippen LogP contribution in [-0.4, -0.2) is 35.3 Å². The summed E-state index contributed by atoms with van der Waals surface area (Å²) in [6.07, 6.45) is 18.5. The molecule has 1 aromatic carbocycles. The highest BCUT2D eigenvalue weighted by Crippen LogP contribution is 2.14. The zero-order valence-corrected chi connectivity index (χ0v) is 18.5. The fourth-order valence-corrected chi connectivity index (χ4v) is 3.51. The minimum absolute atomic E-state index is 1.11. The van der Waals surface area contributed by atoms with E-state index in [1.54, 1.807) is 0 Å². The van der Waals surface area contributed by atoms with Crippen molar-refractivity contribution in [3.8, 4) is 0 Å². The van der Waals surface area contributed by atoms with Crippen molar-refractivity contribution in [3.05, 3.63) is 48.5 Å². The van der Waals surface area contributed by atoms with E-state index in [1.165, 1.54) is 95.4 Å². The van der Waals surface area contributed by atoms with Crippen LogP contribution in [0, 0.1) is 0 Å². The Hall–Kier alpha value is -1.68. The van der Waals surface area contributed by atoms with Crippen LogP contribution in [0.25, 0.3) is 0 Å². The van der Waals surface area contributed by atoms with Crippen LogP contribution in [0.1, 0.15) is 83.1 Å². The molecular formula is C24H42N4. The molecule has 0 saturated carbocycles. The first-order valence-electron chi connectivity index (χ1n) is 11.2. The third kappa shape index (κ3) is 14.4. The molecular weight excluding hydrogens is 344 g/mol. The SMILES string of the molecule is CCCCCCCCCCCCC[N+](C)(C)Cc1ccccc1.c1nnc[n-]1. The van der Waals surface area contributed by atoms with Crippen LogP contribution in [0.3, 0.4) is 0 Å². The number of benzene rings is 1. The monoisotopic (exact) mass is 386 g/mol. The topological polar surface area (TPSA) is 39.9 Å². The molecule has 0 saturated heterocycles. The summed E-state index contributed by atoms with van der Waals surface area (Å²) in [5, 5.41) is 6.72. The Bertz CT molecular complexity index is 520. The summed E-state index contributed by atoms with van der Waals surface area (Å²) >= 11 is 0. The van der Waals surface area contributed by atoms with Gasteiger partial charge in [-0.2, -0.15) is 0 Å². The van der Waals surface area contributed by atoms with E-state index in [-0.39, 0.29) is 0 Å². The Kier molecular flexibility index (Phi) is 14.2. The summed E-state index contributed by atoms with van der Waals surface area (Å²) in [7, 11) is 4.73. The molecule has 0 spiro atoms. The van der Waals surface area contributed by atoms with E-state index in [0.717, 1.165) is 11.0 Å². The smallest absolute Gasteiger partial charge is 0.104 e. The number of nitrogens with zero attached hydrogens (tertiary/aromatic N) is 4. The van der Waals surface area contributed by atoms with Gasteiger partial charge in [0.2, 0.25) is 0 Å². The highest BCUT2D eigenvalue weighted by molar-refractivity contribution is 5.13. The predicted molar refractivity (Wildman–Crippen MR) is 119 cm³/mol. The predicted octanol–water partition coefficient (Wildman–Crippen LogP) is 6.01. The molecule has 0 N–H and O–H groups in total. The average Bonchev–Trinajstić information content (AvgIpc) is 3.27. The standard InChI is InChI=1S/C22H40N.C2H2N3/c1-4-5-6-7-8-9-10-11-12-13-17-20-23(2,3)21-22-18-15-14-16-19-22;1-3-2-5-4-1/h14-16,18-19H,4-13,17,20-21H2,1-3H3;1-2H/q+1;-1. The lowest BCUT2D eigenvalue weighted by Crippen LogP contribution is -2.39. The molecule has 2 rings (SSSR count). The lowest BCUT2D eigenvalue weighted by atomic mass is 10.1. The lowest BCUT2D eigenvalue weighted by Gasteiger charge is -2.30. The van der Waals surface area contributed by atoms with Gasteiger partial charge in [0, 0.05) is 5.56 Å². The second-order valence-electron chi connectivity index (χ2n) is 8.45. The summed E-state index contributed by atoms with van der Waals surface area (Å²) in [6.45, 7) is 4.74. The highest BCUT2D eigenvalue weighted by atomic mass is 15.3. The molecule has 0 amide bonds. The van der Waals surface area contributed by atoms with Gasteiger partial charge in [0.25, 0.3) is 0 Å². The number of aromatic nitrogens is 3. The third-order valence-corrected chi connectivity index (χ3v) is 5.12. The number of quaternary nitrogens is 1. The van der Waals surface area contributed by atoms with E-state index in [9.17, 15) is 0 Å². The van der Waals surface area contributed by atoms with Crippen LogP contribution < -0.4 is 4.98 Å². The summed E-state index contributed by atoms with van der Waals surface area (Å²) in [6, 6.07) is 10.9. The van der Waals surface area contributed by atoms with Crippen LogP contribution >= 0.6 is 0 Å². The number of hydrogen-bond donors (Lipinski definition) is 0. The second-order valence-corrected chi connectivity index (χ2v) is 8.45. The Morgan fingerprint density at radius 2 is 1.21 bits per heavy atom. The maximum Gasteiger partial charge on any atom is 0.104 e. The van der Waals surface area contributed by atoms with Crippen LogP contribution in [0.4, 0.5) is 0 Å². The Morgan fingerprint density at radius 1 is 0.714 bits per heavy atom. The van der Waals surface area contributed by atoms with Gasteiger partial charge < -0.3 is 19.7 Å². The average molecular weight is 387 g/mol. The molecule has 0 aliphatic heterocycles. The first-order chi connectivity index (χ1) is 13.6. The number of rotatable bonds is 14. The molecule has 158 valence electrons. The lowest BCUT2D eigenvalue weighted by molar-refractivity contribution is -0.903. The van der Waals surface area contributed by atoms with Gasteiger partial charge in [-0.25, -0.2) is 0 Å². The summed E-state index contributed by atoms with van der Waals surface area (Å²) in [4.78, 5) is 3.50. The van der Waals surface area contributed by atoms with Crippen LogP contribution in [0.5, 0.6) is 0 Å². The van der Waals surface area contributed by atoms with E-state index < -0.39 is 0 Å². The fraction of sp³-hybridized carbons (Fsp3) is 0.667. The van der Waals surface area contributed by atoms with Gasteiger partial charge >= 0.3 is 0 Å². The first kappa shape index (κ1) is 24.4. The normalized spacial score (nSPS) is 11.1. The highest BCUT2D eigenvalue weighted by Gasteiger charge is 2.14. The Labute approximate surface area is 173 Å². The molecule has 0 atom stereocenters. The van der Waals surface area contributed by atoms with Gasteiger partial charge in [-0.05, 0) is 25.5 Å². The molecule has 28 heavy (non-hydrogen) atoms. The van der Waals surface area contributed by atoms with Crippen molar-refractivity contribution < 1.29 is 4.48 Å². The zero-order valence-electron chi connectivity index (χ0n) is 18.5. The summed E-state index contributed by atoms with van der Waals surface area (Å²) < 4.78 is 1.11. The molecule has 0 unspecified atom stereocenters. The van der Waals surface area contributed by atoms with Crippen molar-refractivity contribution in [2.24, 2.45) is 0 Å². The summed E-state index contributed by atoms with van der Waals surface area (Å²) in [5.74, 6) is 0. The van der Waals surface area contributed by atoms with E-state index in [2.05, 4.69) is 66.5 Å². The molecule has 2 aromatic rings.